The maximum atomic E-state index is 13.2. The zero-order valence-electron chi connectivity index (χ0n) is 16.3. The Morgan fingerprint density at radius 3 is 2.48 bits per heavy atom. The summed E-state index contributed by atoms with van der Waals surface area (Å²) in [6.07, 6.45) is 3.08. The van der Waals surface area contributed by atoms with Gasteiger partial charge in [0, 0.05) is 29.3 Å². The summed E-state index contributed by atoms with van der Waals surface area (Å²) in [4.78, 5) is 30.6. The van der Waals surface area contributed by atoms with Crippen molar-refractivity contribution in [1.82, 2.24) is 9.80 Å². The molecule has 0 radical (unpaired) electrons. The average molecular weight is 389 g/mol. The smallest absolute Gasteiger partial charge is 0.227 e. The summed E-state index contributed by atoms with van der Waals surface area (Å²) < 4.78 is 5.46. The van der Waals surface area contributed by atoms with E-state index in [1.54, 1.807) is 17.6 Å². The topological polar surface area (TPSA) is 53.8 Å². The molecule has 0 spiro atoms. The molecule has 146 valence electrons. The van der Waals surface area contributed by atoms with Gasteiger partial charge >= 0.3 is 0 Å². The Labute approximate surface area is 165 Å². The lowest BCUT2D eigenvalue weighted by molar-refractivity contribution is -0.145. The van der Waals surface area contributed by atoms with Crippen LogP contribution in [0.5, 0.6) is 0 Å². The van der Waals surface area contributed by atoms with E-state index in [0.29, 0.717) is 26.2 Å². The summed E-state index contributed by atoms with van der Waals surface area (Å²) in [7, 11) is 0. The van der Waals surface area contributed by atoms with Crippen LogP contribution in [0.15, 0.2) is 40.3 Å². The Bertz CT molecular complexity index is 703. The Balaban J connectivity index is 1.64. The second-order valence-corrected chi connectivity index (χ2v) is 9.20. The number of piperidine rings is 1. The van der Waals surface area contributed by atoms with E-state index < -0.39 is 0 Å². The van der Waals surface area contributed by atoms with E-state index in [1.165, 1.54) is 0 Å². The Morgan fingerprint density at radius 2 is 1.93 bits per heavy atom. The number of amides is 2. The lowest BCUT2D eigenvalue weighted by atomic mass is 9.90. The third-order valence-electron chi connectivity index (χ3n) is 4.94. The van der Waals surface area contributed by atoms with Gasteiger partial charge in [-0.05, 0) is 36.4 Å². The fraction of sp³-hybridized carbons (Fsp3) is 0.524. The number of carbonyl (C=O) groups is 2. The number of nitrogens with zero attached hydrogens (tertiary/aromatic N) is 2. The van der Waals surface area contributed by atoms with Gasteiger partial charge in [0.1, 0.15) is 5.76 Å². The van der Waals surface area contributed by atoms with E-state index in [9.17, 15) is 9.59 Å². The van der Waals surface area contributed by atoms with Gasteiger partial charge in [0.05, 0.1) is 19.4 Å². The monoisotopic (exact) mass is 388 g/mol. The lowest BCUT2D eigenvalue weighted by Gasteiger charge is -2.36. The minimum atomic E-state index is -0.374. The van der Waals surface area contributed by atoms with E-state index in [-0.39, 0.29) is 23.1 Å². The van der Waals surface area contributed by atoms with E-state index >= 15 is 0 Å². The summed E-state index contributed by atoms with van der Waals surface area (Å²) in [5, 5.41) is 2.03. The van der Waals surface area contributed by atoms with E-state index in [4.69, 9.17) is 4.42 Å². The van der Waals surface area contributed by atoms with Crippen molar-refractivity contribution in [3.8, 4) is 0 Å². The molecule has 5 nitrogen and oxygen atoms in total. The third-order valence-corrected chi connectivity index (χ3v) is 5.80. The number of hydrogen-bond donors (Lipinski definition) is 0. The quantitative estimate of drug-likeness (QED) is 0.773. The average Bonchev–Trinajstić information content (AvgIpc) is 3.33. The Morgan fingerprint density at radius 1 is 1.19 bits per heavy atom. The zero-order valence-corrected chi connectivity index (χ0v) is 17.1. The van der Waals surface area contributed by atoms with Crippen molar-refractivity contribution < 1.29 is 14.0 Å². The molecule has 2 aromatic heterocycles. The van der Waals surface area contributed by atoms with Crippen LogP contribution in [0.25, 0.3) is 0 Å². The second kappa shape index (κ2) is 8.30. The zero-order chi connectivity index (χ0) is 19.4. The van der Waals surface area contributed by atoms with E-state index in [2.05, 4.69) is 6.07 Å². The Hall–Kier alpha value is -2.08. The predicted molar refractivity (Wildman–Crippen MR) is 106 cm³/mol. The molecule has 2 amide bonds. The van der Waals surface area contributed by atoms with Gasteiger partial charge in [-0.15, -0.1) is 11.3 Å². The van der Waals surface area contributed by atoms with E-state index in [0.717, 1.165) is 23.5 Å². The van der Waals surface area contributed by atoms with Crippen LogP contribution in [0.3, 0.4) is 0 Å². The highest BCUT2D eigenvalue weighted by atomic mass is 32.1. The van der Waals surface area contributed by atoms with Crippen molar-refractivity contribution >= 4 is 23.2 Å². The minimum absolute atomic E-state index is 0.0380. The van der Waals surface area contributed by atoms with Crippen molar-refractivity contribution in [2.75, 3.05) is 13.1 Å². The fourth-order valence-corrected chi connectivity index (χ4v) is 4.17. The largest absolute Gasteiger partial charge is 0.467 e. The molecule has 2 aromatic rings. The molecular formula is C21H28N2O3S. The van der Waals surface area contributed by atoms with Crippen LogP contribution in [0.4, 0.5) is 0 Å². The van der Waals surface area contributed by atoms with Gasteiger partial charge in [-0.3, -0.25) is 9.59 Å². The van der Waals surface area contributed by atoms with Crippen molar-refractivity contribution in [3.63, 3.8) is 0 Å². The maximum absolute atomic E-state index is 13.2. The summed E-state index contributed by atoms with van der Waals surface area (Å²) in [5.74, 6) is 1.08. The first kappa shape index (κ1) is 19.7. The summed E-state index contributed by atoms with van der Waals surface area (Å²) in [6, 6.07) is 7.81. The van der Waals surface area contributed by atoms with Crippen molar-refractivity contribution in [3.05, 3.63) is 46.5 Å². The van der Waals surface area contributed by atoms with Gasteiger partial charge in [0.25, 0.3) is 0 Å². The van der Waals surface area contributed by atoms with Gasteiger partial charge < -0.3 is 14.2 Å². The highest BCUT2D eigenvalue weighted by Gasteiger charge is 2.34. The number of carbonyl (C=O) groups excluding carboxylic acids is 2. The molecule has 0 saturated carbocycles. The first-order chi connectivity index (χ1) is 12.8. The van der Waals surface area contributed by atoms with Gasteiger partial charge in [-0.2, -0.15) is 0 Å². The number of rotatable bonds is 5. The molecule has 0 unspecified atom stereocenters. The number of likely N-dealkylation sites (tertiary alicyclic amines) is 1. The molecule has 0 N–H and O–H groups in total. The summed E-state index contributed by atoms with van der Waals surface area (Å²) in [5.41, 5.74) is -0.374. The summed E-state index contributed by atoms with van der Waals surface area (Å²) in [6.45, 7) is 8.21. The van der Waals surface area contributed by atoms with Crippen LogP contribution in [-0.2, 0) is 22.7 Å². The Kier molecular flexibility index (Phi) is 6.05. The molecular weight excluding hydrogens is 360 g/mol. The molecule has 6 heteroatoms. The highest BCUT2D eigenvalue weighted by molar-refractivity contribution is 7.09. The predicted octanol–water partition coefficient (Wildman–Crippen LogP) is 4.15. The standard InChI is InChI=1S/C21H28N2O3S/c1-21(2,3)20(25)22-10-8-16(9-11-22)19(24)23(14-17-6-4-12-26-17)15-18-7-5-13-27-18/h4-7,12-13,16H,8-11,14-15H2,1-3H3. The summed E-state index contributed by atoms with van der Waals surface area (Å²) >= 11 is 1.66. The molecule has 1 saturated heterocycles. The normalized spacial score (nSPS) is 15.7. The van der Waals surface area contributed by atoms with Gasteiger partial charge in [0.15, 0.2) is 0 Å². The molecule has 1 aliphatic rings. The fourth-order valence-electron chi connectivity index (χ4n) is 3.46. The molecule has 0 aromatic carbocycles. The second-order valence-electron chi connectivity index (χ2n) is 8.17. The van der Waals surface area contributed by atoms with Crippen molar-refractivity contribution in [2.24, 2.45) is 11.3 Å². The molecule has 3 rings (SSSR count). The van der Waals surface area contributed by atoms with Gasteiger partial charge in [-0.1, -0.05) is 26.8 Å². The lowest BCUT2D eigenvalue weighted by Crippen LogP contribution is -2.47. The van der Waals surface area contributed by atoms with Crippen LogP contribution >= 0.6 is 11.3 Å². The highest BCUT2D eigenvalue weighted by Crippen LogP contribution is 2.26. The minimum Gasteiger partial charge on any atom is -0.467 e. The molecule has 0 aliphatic carbocycles. The van der Waals surface area contributed by atoms with Gasteiger partial charge in [0.2, 0.25) is 11.8 Å². The van der Waals surface area contributed by atoms with Crippen molar-refractivity contribution in [1.29, 1.82) is 0 Å². The number of furan rings is 1. The molecule has 27 heavy (non-hydrogen) atoms. The molecule has 0 bridgehead atoms. The van der Waals surface area contributed by atoms with Crippen LogP contribution in [0.1, 0.15) is 44.3 Å². The van der Waals surface area contributed by atoms with Crippen LogP contribution in [0, 0.1) is 11.3 Å². The van der Waals surface area contributed by atoms with Gasteiger partial charge in [-0.25, -0.2) is 0 Å². The molecule has 1 aliphatic heterocycles. The maximum Gasteiger partial charge on any atom is 0.227 e. The SMILES string of the molecule is CC(C)(C)C(=O)N1CCC(C(=O)N(Cc2ccco2)Cc2cccs2)CC1. The third kappa shape index (κ3) is 5.01. The van der Waals surface area contributed by atoms with Crippen LogP contribution in [-0.4, -0.2) is 34.7 Å². The van der Waals surface area contributed by atoms with Crippen molar-refractivity contribution in [2.45, 2.75) is 46.7 Å². The van der Waals surface area contributed by atoms with E-state index in [1.807, 2.05) is 54.2 Å². The van der Waals surface area contributed by atoms with Crippen LogP contribution < -0.4 is 0 Å². The molecule has 1 fully saturated rings. The molecule has 0 atom stereocenters. The first-order valence-electron chi connectivity index (χ1n) is 9.47. The van der Waals surface area contributed by atoms with Crippen LogP contribution in [0.2, 0.25) is 0 Å². The number of thiophene rings is 1. The molecule has 3 heterocycles. The number of hydrogen-bond acceptors (Lipinski definition) is 4. The first-order valence-corrected chi connectivity index (χ1v) is 10.4.